The van der Waals surface area contributed by atoms with Crippen molar-refractivity contribution < 1.29 is 0 Å². The van der Waals surface area contributed by atoms with Gasteiger partial charge in [0, 0.05) is 6.04 Å². The first-order chi connectivity index (χ1) is 7.89. The number of nitrogens with one attached hydrogen (secondary N) is 1. The van der Waals surface area contributed by atoms with E-state index in [-0.39, 0.29) is 0 Å². The molecule has 0 aromatic heterocycles. The van der Waals surface area contributed by atoms with Crippen LogP contribution in [0, 0.1) is 17.3 Å². The standard InChI is InChI=1S/C16H33N/c1-13(2)17-12-15(16(3,4)5)11-14-9-7-6-8-10-14/h13-15,17H,6-12H2,1-5H3. The van der Waals surface area contributed by atoms with Crippen molar-refractivity contribution in [2.75, 3.05) is 6.54 Å². The summed E-state index contributed by atoms with van der Waals surface area (Å²) in [6.45, 7) is 12.9. The van der Waals surface area contributed by atoms with Gasteiger partial charge in [0.1, 0.15) is 0 Å². The van der Waals surface area contributed by atoms with Gasteiger partial charge in [-0.1, -0.05) is 66.7 Å². The third-order valence-corrected chi connectivity index (χ3v) is 4.34. The normalized spacial score (nSPS) is 20.8. The van der Waals surface area contributed by atoms with Crippen molar-refractivity contribution in [3.63, 3.8) is 0 Å². The Kier molecular flexibility index (Phi) is 5.99. The molecule has 0 heterocycles. The fourth-order valence-electron chi connectivity index (χ4n) is 2.95. The lowest BCUT2D eigenvalue weighted by molar-refractivity contribution is 0.168. The third-order valence-electron chi connectivity index (χ3n) is 4.34. The van der Waals surface area contributed by atoms with Crippen molar-refractivity contribution in [1.29, 1.82) is 0 Å². The Morgan fingerprint density at radius 1 is 1.06 bits per heavy atom. The Morgan fingerprint density at radius 3 is 2.12 bits per heavy atom. The molecule has 1 saturated carbocycles. The van der Waals surface area contributed by atoms with Crippen LogP contribution in [-0.4, -0.2) is 12.6 Å². The van der Waals surface area contributed by atoms with Crippen LogP contribution in [0.5, 0.6) is 0 Å². The van der Waals surface area contributed by atoms with Crippen LogP contribution >= 0.6 is 0 Å². The van der Waals surface area contributed by atoms with Gasteiger partial charge in [-0.25, -0.2) is 0 Å². The topological polar surface area (TPSA) is 12.0 Å². The van der Waals surface area contributed by atoms with Crippen molar-refractivity contribution in [3.05, 3.63) is 0 Å². The van der Waals surface area contributed by atoms with Gasteiger partial charge in [-0.05, 0) is 30.2 Å². The summed E-state index contributed by atoms with van der Waals surface area (Å²) in [6, 6.07) is 0.617. The molecule has 0 amide bonds. The molecule has 0 spiro atoms. The van der Waals surface area contributed by atoms with Crippen LogP contribution in [-0.2, 0) is 0 Å². The molecule has 0 bridgehead atoms. The highest BCUT2D eigenvalue weighted by Gasteiger charge is 2.28. The van der Waals surface area contributed by atoms with Crippen molar-refractivity contribution in [1.82, 2.24) is 5.32 Å². The predicted octanol–water partition coefficient (Wildman–Crippen LogP) is 4.62. The van der Waals surface area contributed by atoms with Crippen LogP contribution in [0.1, 0.15) is 73.1 Å². The van der Waals surface area contributed by atoms with Crippen molar-refractivity contribution in [3.8, 4) is 0 Å². The van der Waals surface area contributed by atoms with Gasteiger partial charge >= 0.3 is 0 Å². The highest BCUT2D eigenvalue weighted by molar-refractivity contribution is 4.80. The third kappa shape index (κ3) is 5.90. The zero-order chi connectivity index (χ0) is 12.9. The van der Waals surface area contributed by atoms with Gasteiger partial charge in [-0.3, -0.25) is 0 Å². The van der Waals surface area contributed by atoms with Gasteiger partial charge < -0.3 is 5.32 Å². The second kappa shape index (κ2) is 6.78. The van der Waals surface area contributed by atoms with E-state index in [1.165, 1.54) is 45.1 Å². The van der Waals surface area contributed by atoms with E-state index >= 15 is 0 Å². The monoisotopic (exact) mass is 239 g/mol. The Morgan fingerprint density at radius 2 is 1.65 bits per heavy atom. The van der Waals surface area contributed by atoms with Crippen molar-refractivity contribution >= 4 is 0 Å². The molecule has 0 aliphatic heterocycles. The first-order valence-corrected chi connectivity index (χ1v) is 7.63. The van der Waals surface area contributed by atoms with Gasteiger partial charge in [0.05, 0.1) is 0 Å². The summed E-state index contributed by atoms with van der Waals surface area (Å²) in [5.74, 6) is 1.83. The second-order valence-corrected chi connectivity index (χ2v) is 7.37. The van der Waals surface area contributed by atoms with Gasteiger partial charge in [-0.15, -0.1) is 0 Å². The highest BCUT2D eigenvalue weighted by atomic mass is 14.9. The molecule has 1 unspecified atom stereocenters. The minimum atomic E-state index is 0.444. The SMILES string of the molecule is CC(C)NCC(CC1CCCCC1)C(C)(C)C. The van der Waals surface area contributed by atoms with Crippen LogP contribution < -0.4 is 5.32 Å². The fraction of sp³-hybridized carbons (Fsp3) is 1.00. The van der Waals surface area contributed by atoms with Gasteiger partial charge in [0.15, 0.2) is 0 Å². The lowest BCUT2D eigenvalue weighted by Crippen LogP contribution is -2.36. The van der Waals surface area contributed by atoms with E-state index in [2.05, 4.69) is 39.9 Å². The Balaban J connectivity index is 2.44. The number of hydrogen-bond acceptors (Lipinski definition) is 1. The van der Waals surface area contributed by atoms with E-state index < -0.39 is 0 Å². The summed E-state index contributed by atoms with van der Waals surface area (Å²) in [4.78, 5) is 0. The van der Waals surface area contributed by atoms with E-state index in [1.54, 1.807) is 0 Å². The molecule has 1 nitrogen and oxygen atoms in total. The highest BCUT2D eigenvalue weighted by Crippen LogP contribution is 2.36. The maximum absolute atomic E-state index is 3.64. The molecule has 1 N–H and O–H groups in total. The van der Waals surface area contributed by atoms with E-state index in [9.17, 15) is 0 Å². The molecule has 0 aromatic rings. The van der Waals surface area contributed by atoms with Gasteiger partial charge in [0.25, 0.3) is 0 Å². The first kappa shape index (κ1) is 15.0. The lowest BCUT2D eigenvalue weighted by atomic mass is 9.72. The molecule has 102 valence electrons. The summed E-state index contributed by atoms with van der Waals surface area (Å²) < 4.78 is 0. The minimum Gasteiger partial charge on any atom is -0.314 e. The Hall–Kier alpha value is -0.0400. The zero-order valence-corrected chi connectivity index (χ0v) is 12.7. The lowest BCUT2D eigenvalue weighted by Gasteiger charge is -2.35. The molecule has 0 radical (unpaired) electrons. The van der Waals surface area contributed by atoms with Crippen LogP contribution in [0.2, 0.25) is 0 Å². The molecule has 1 aliphatic carbocycles. The Labute approximate surface area is 109 Å². The number of hydrogen-bond donors (Lipinski definition) is 1. The average Bonchev–Trinajstić information content (AvgIpc) is 2.23. The summed E-state index contributed by atoms with van der Waals surface area (Å²) in [6.07, 6.45) is 8.81. The van der Waals surface area contributed by atoms with Crippen molar-refractivity contribution in [2.45, 2.75) is 79.2 Å². The van der Waals surface area contributed by atoms with E-state index in [0.29, 0.717) is 11.5 Å². The second-order valence-electron chi connectivity index (χ2n) is 7.37. The molecule has 0 saturated heterocycles. The van der Waals surface area contributed by atoms with Crippen LogP contribution in [0.4, 0.5) is 0 Å². The maximum Gasteiger partial charge on any atom is 0.00104 e. The smallest absolute Gasteiger partial charge is 0.00104 e. The van der Waals surface area contributed by atoms with E-state index in [1.807, 2.05) is 0 Å². The average molecular weight is 239 g/mol. The molecule has 0 aromatic carbocycles. The maximum atomic E-state index is 3.64. The molecule has 1 fully saturated rings. The summed E-state index contributed by atoms with van der Waals surface area (Å²) in [5.41, 5.74) is 0.444. The fourth-order valence-corrected chi connectivity index (χ4v) is 2.95. The van der Waals surface area contributed by atoms with Crippen LogP contribution in [0.15, 0.2) is 0 Å². The molecular weight excluding hydrogens is 206 g/mol. The zero-order valence-electron chi connectivity index (χ0n) is 12.7. The van der Waals surface area contributed by atoms with Crippen LogP contribution in [0.25, 0.3) is 0 Å². The molecular formula is C16H33N. The van der Waals surface area contributed by atoms with Crippen LogP contribution in [0.3, 0.4) is 0 Å². The predicted molar refractivity (Wildman–Crippen MR) is 77.3 cm³/mol. The molecule has 17 heavy (non-hydrogen) atoms. The Bertz CT molecular complexity index is 196. The summed E-state index contributed by atoms with van der Waals surface area (Å²) in [7, 11) is 0. The van der Waals surface area contributed by atoms with Gasteiger partial charge in [0.2, 0.25) is 0 Å². The van der Waals surface area contributed by atoms with Gasteiger partial charge in [-0.2, -0.15) is 0 Å². The molecule has 1 atom stereocenters. The van der Waals surface area contributed by atoms with Crippen molar-refractivity contribution in [2.24, 2.45) is 17.3 Å². The molecule has 1 heteroatoms. The minimum absolute atomic E-state index is 0.444. The summed E-state index contributed by atoms with van der Waals surface area (Å²) >= 11 is 0. The molecule has 1 rings (SSSR count). The quantitative estimate of drug-likeness (QED) is 0.738. The summed E-state index contributed by atoms with van der Waals surface area (Å²) in [5, 5.41) is 3.64. The van der Waals surface area contributed by atoms with E-state index in [4.69, 9.17) is 0 Å². The molecule has 1 aliphatic rings. The number of rotatable bonds is 5. The first-order valence-electron chi connectivity index (χ1n) is 7.63. The largest absolute Gasteiger partial charge is 0.314 e. The van der Waals surface area contributed by atoms with E-state index in [0.717, 1.165) is 11.8 Å².